The first-order chi connectivity index (χ1) is 11.1. The zero-order valence-electron chi connectivity index (χ0n) is 11.6. The molecule has 0 aliphatic heterocycles. The molecule has 0 atom stereocenters. The summed E-state index contributed by atoms with van der Waals surface area (Å²) in [6, 6.07) is 10.8. The van der Waals surface area contributed by atoms with E-state index in [0.29, 0.717) is 27.5 Å². The molecule has 2 aromatic heterocycles. The number of hydrogen-bond acceptors (Lipinski definition) is 4. The van der Waals surface area contributed by atoms with Crippen molar-refractivity contribution in [1.82, 2.24) is 14.8 Å². The third-order valence-electron chi connectivity index (χ3n) is 3.24. The monoisotopic (exact) mass is 324 g/mol. The van der Waals surface area contributed by atoms with Crippen LogP contribution in [0, 0.1) is 11.3 Å². The van der Waals surface area contributed by atoms with Crippen molar-refractivity contribution in [2.75, 3.05) is 0 Å². The van der Waals surface area contributed by atoms with E-state index in [1.165, 1.54) is 29.3 Å². The van der Waals surface area contributed by atoms with Gasteiger partial charge in [-0.3, -0.25) is 0 Å². The molecule has 23 heavy (non-hydrogen) atoms. The molecule has 7 heteroatoms. The maximum atomic E-state index is 10.9. The summed E-state index contributed by atoms with van der Waals surface area (Å²) in [7, 11) is 0. The Labute approximate surface area is 136 Å². The third-order valence-corrected chi connectivity index (χ3v) is 3.57. The van der Waals surface area contributed by atoms with Crippen LogP contribution in [-0.4, -0.2) is 25.8 Å². The molecule has 0 fully saturated rings. The van der Waals surface area contributed by atoms with Crippen LogP contribution in [0.15, 0.2) is 48.9 Å². The molecule has 0 spiro atoms. The zero-order valence-corrected chi connectivity index (χ0v) is 12.4. The van der Waals surface area contributed by atoms with Crippen molar-refractivity contribution in [3.05, 3.63) is 65.1 Å². The van der Waals surface area contributed by atoms with Crippen LogP contribution in [-0.2, 0) is 0 Å². The van der Waals surface area contributed by atoms with Gasteiger partial charge in [-0.1, -0.05) is 29.8 Å². The van der Waals surface area contributed by atoms with Gasteiger partial charge in [-0.15, -0.1) is 0 Å². The minimum Gasteiger partial charge on any atom is -0.478 e. The van der Waals surface area contributed by atoms with Gasteiger partial charge in [-0.2, -0.15) is 10.4 Å². The van der Waals surface area contributed by atoms with Gasteiger partial charge in [-0.05, 0) is 6.07 Å². The van der Waals surface area contributed by atoms with E-state index in [4.69, 9.17) is 16.7 Å². The summed E-state index contributed by atoms with van der Waals surface area (Å²) < 4.78 is 1.31. The average Bonchev–Trinajstić information content (AvgIpc) is 3.05. The molecule has 0 aliphatic carbocycles. The summed E-state index contributed by atoms with van der Waals surface area (Å²) in [5, 5.41) is 22.8. The van der Waals surface area contributed by atoms with Crippen molar-refractivity contribution in [2.24, 2.45) is 0 Å². The number of nitrogens with zero attached hydrogens (tertiary/aromatic N) is 4. The van der Waals surface area contributed by atoms with E-state index < -0.39 is 5.97 Å². The van der Waals surface area contributed by atoms with Gasteiger partial charge in [0, 0.05) is 34.6 Å². The van der Waals surface area contributed by atoms with Crippen molar-refractivity contribution in [3.63, 3.8) is 0 Å². The van der Waals surface area contributed by atoms with Crippen LogP contribution in [0.5, 0.6) is 0 Å². The quantitative estimate of drug-likeness (QED) is 0.799. The Bertz CT molecular complexity index is 943. The SMILES string of the molecule is N#Cc1cc(-n2cc(C(=O)O)cn2)ncc1-c1ccccc1Cl. The molecule has 1 aromatic carbocycles. The highest BCUT2D eigenvalue weighted by atomic mass is 35.5. The number of aromatic nitrogens is 3. The fourth-order valence-corrected chi connectivity index (χ4v) is 2.35. The molecule has 6 nitrogen and oxygen atoms in total. The molecule has 0 aliphatic rings. The van der Waals surface area contributed by atoms with Crippen molar-refractivity contribution in [2.45, 2.75) is 0 Å². The highest BCUT2D eigenvalue weighted by Crippen LogP contribution is 2.30. The first kappa shape index (κ1) is 14.8. The van der Waals surface area contributed by atoms with Crippen LogP contribution in [0.1, 0.15) is 15.9 Å². The van der Waals surface area contributed by atoms with E-state index in [0.717, 1.165) is 0 Å². The molecule has 0 amide bonds. The van der Waals surface area contributed by atoms with Crippen molar-refractivity contribution in [3.8, 4) is 23.0 Å². The molecule has 0 saturated heterocycles. The van der Waals surface area contributed by atoms with Gasteiger partial charge in [0.25, 0.3) is 0 Å². The van der Waals surface area contributed by atoms with E-state index in [-0.39, 0.29) is 5.56 Å². The number of pyridine rings is 1. The van der Waals surface area contributed by atoms with Gasteiger partial charge in [0.05, 0.1) is 23.4 Å². The fourth-order valence-electron chi connectivity index (χ4n) is 2.11. The summed E-state index contributed by atoms with van der Waals surface area (Å²) >= 11 is 6.16. The summed E-state index contributed by atoms with van der Waals surface area (Å²) in [6.07, 6.45) is 4.08. The minimum absolute atomic E-state index is 0.0421. The number of carboxylic acid groups (broad SMARTS) is 1. The highest BCUT2D eigenvalue weighted by molar-refractivity contribution is 6.33. The Kier molecular flexibility index (Phi) is 3.79. The van der Waals surface area contributed by atoms with Crippen LogP contribution < -0.4 is 0 Å². The predicted octanol–water partition coefficient (Wildman–Crippen LogP) is 3.16. The first-order valence-electron chi connectivity index (χ1n) is 6.53. The molecule has 0 bridgehead atoms. The van der Waals surface area contributed by atoms with Crippen LogP contribution in [0.3, 0.4) is 0 Å². The van der Waals surface area contributed by atoms with Gasteiger partial charge < -0.3 is 5.11 Å². The molecule has 0 saturated carbocycles. The lowest BCUT2D eigenvalue weighted by Gasteiger charge is -2.08. The Morgan fingerprint density at radius 3 is 2.70 bits per heavy atom. The predicted molar refractivity (Wildman–Crippen MR) is 83.5 cm³/mol. The standard InChI is InChI=1S/C16H9ClN4O2/c17-14-4-2-1-3-12(14)13-8-19-15(5-10(13)6-18)21-9-11(7-20-21)16(22)23/h1-5,7-9H,(H,22,23). The third kappa shape index (κ3) is 2.78. The molecule has 3 rings (SSSR count). The van der Waals surface area contributed by atoms with E-state index in [1.54, 1.807) is 18.2 Å². The van der Waals surface area contributed by atoms with Crippen molar-refractivity contribution < 1.29 is 9.90 Å². The number of carbonyl (C=O) groups is 1. The molecule has 112 valence electrons. The molecule has 1 N–H and O–H groups in total. The normalized spacial score (nSPS) is 10.3. The molecule has 0 unspecified atom stereocenters. The second kappa shape index (κ2) is 5.91. The van der Waals surface area contributed by atoms with Gasteiger partial charge >= 0.3 is 5.97 Å². The number of aromatic carboxylic acids is 1. The Balaban J connectivity index is 2.08. The maximum Gasteiger partial charge on any atom is 0.338 e. The topological polar surface area (TPSA) is 91.8 Å². The Morgan fingerprint density at radius 1 is 1.26 bits per heavy atom. The largest absolute Gasteiger partial charge is 0.478 e. The van der Waals surface area contributed by atoms with E-state index in [2.05, 4.69) is 16.2 Å². The molecule has 3 aromatic rings. The summed E-state index contributed by atoms with van der Waals surface area (Å²) in [4.78, 5) is 15.2. The lowest BCUT2D eigenvalue weighted by molar-refractivity contribution is 0.0697. The van der Waals surface area contributed by atoms with Crippen LogP contribution in [0.4, 0.5) is 0 Å². The van der Waals surface area contributed by atoms with Crippen LogP contribution >= 0.6 is 11.6 Å². The Morgan fingerprint density at radius 2 is 2.04 bits per heavy atom. The lowest BCUT2D eigenvalue weighted by atomic mass is 10.0. The highest BCUT2D eigenvalue weighted by Gasteiger charge is 2.13. The minimum atomic E-state index is -1.08. The number of nitriles is 1. The fraction of sp³-hybridized carbons (Fsp3) is 0. The van der Waals surface area contributed by atoms with Crippen molar-refractivity contribution in [1.29, 1.82) is 5.26 Å². The smallest absolute Gasteiger partial charge is 0.338 e. The zero-order chi connectivity index (χ0) is 16.4. The number of benzene rings is 1. The van der Waals surface area contributed by atoms with Gasteiger partial charge in [0.1, 0.15) is 0 Å². The van der Waals surface area contributed by atoms with E-state index >= 15 is 0 Å². The first-order valence-corrected chi connectivity index (χ1v) is 6.91. The second-order valence-corrected chi connectivity index (χ2v) is 5.07. The number of hydrogen-bond donors (Lipinski definition) is 1. The molecule has 2 heterocycles. The van der Waals surface area contributed by atoms with Crippen molar-refractivity contribution >= 4 is 17.6 Å². The van der Waals surface area contributed by atoms with Gasteiger partial charge in [0.15, 0.2) is 5.82 Å². The number of rotatable bonds is 3. The molecule has 0 radical (unpaired) electrons. The Hall–Kier alpha value is -3.17. The molecular weight excluding hydrogens is 316 g/mol. The second-order valence-electron chi connectivity index (χ2n) is 4.66. The molecular formula is C16H9ClN4O2. The summed E-state index contributed by atoms with van der Waals surface area (Å²) in [5.74, 6) is -0.728. The van der Waals surface area contributed by atoms with Gasteiger partial charge in [0.2, 0.25) is 0 Å². The van der Waals surface area contributed by atoms with Crippen LogP contribution in [0.2, 0.25) is 5.02 Å². The average molecular weight is 325 g/mol. The lowest BCUT2D eigenvalue weighted by Crippen LogP contribution is -2.00. The van der Waals surface area contributed by atoms with Gasteiger partial charge in [-0.25, -0.2) is 14.5 Å². The number of carboxylic acids is 1. The van der Waals surface area contributed by atoms with E-state index in [1.807, 2.05) is 6.07 Å². The summed E-state index contributed by atoms with van der Waals surface area (Å²) in [6.45, 7) is 0. The van der Waals surface area contributed by atoms with Crippen LogP contribution in [0.25, 0.3) is 16.9 Å². The maximum absolute atomic E-state index is 10.9. The summed E-state index contributed by atoms with van der Waals surface area (Å²) in [5.41, 5.74) is 1.72. The number of halogens is 1. The van der Waals surface area contributed by atoms with E-state index in [9.17, 15) is 10.1 Å².